The summed E-state index contributed by atoms with van der Waals surface area (Å²) in [5, 5.41) is 0.417. The lowest BCUT2D eigenvalue weighted by atomic mass is 10.2. The Morgan fingerprint density at radius 3 is 2.50 bits per heavy atom. The van der Waals surface area contributed by atoms with Crippen LogP contribution >= 0.6 is 27.5 Å². The Morgan fingerprint density at radius 2 is 1.90 bits per heavy atom. The number of primary amides is 1. The van der Waals surface area contributed by atoms with Gasteiger partial charge in [0.2, 0.25) is 0 Å². The molecule has 4 nitrogen and oxygen atoms in total. The van der Waals surface area contributed by atoms with Crippen LogP contribution in [0.1, 0.15) is 10.4 Å². The van der Waals surface area contributed by atoms with E-state index in [9.17, 15) is 4.79 Å². The van der Waals surface area contributed by atoms with Gasteiger partial charge < -0.3 is 15.2 Å². The maximum Gasteiger partial charge on any atom is 0.252 e. The number of rotatable bonds is 4. The van der Waals surface area contributed by atoms with Crippen LogP contribution in [0.4, 0.5) is 0 Å². The normalized spacial score (nSPS) is 10.2. The van der Waals surface area contributed by atoms with Crippen molar-refractivity contribution in [3.8, 4) is 17.2 Å². The van der Waals surface area contributed by atoms with Crippen molar-refractivity contribution in [3.05, 3.63) is 51.5 Å². The Balaban J connectivity index is 2.37. The molecule has 0 spiro atoms. The van der Waals surface area contributed by atoms with Gasteiger partial charge in [0.15, 0.2) is 0 Å². The number of benzene rings is 2. The van der Waals surface area contributed by atoms with Gasteiger partial charge >= 0.3 is 0 Å². The molecular weight excluding hydrogens is 346 g/mol. The minimum atomic E-state index is -0.605. The lowest BCUT2D eigenvalue weighted by Gasteiger charge is -2.11. The molecule has 2 N–H and O–H groups in total. The molecule has 2 aromatic rings. The number of halogens is 2. The summed E-state index contributed by atoms with van der Waals surface area (Å²) in [5.41, 5.74) is 5.53. The molecule has 104 valence electrons. The van der Waals surface area contributed by atoms with E-state index in [2.05, 4.69) is 15.9 Å². The standard InChI is InChI=1S/C14H11BrClNO3/c1-19-9-3-5-13(11(15)7-9)20-12-4-2-8(16)6-10(12)14(17)18/h2-7H,1H3,(H2,17,18). The highest BCUT2D eigenvalue weighted by molar-refractivity contribution is 9.10. The van der Waals surface area contributed by atoms with Crippen molar-refractivity contribution < 1.29 is 14.3 Å². The largest absolute Gasteiger partial charge is 0.497 e. The molecule has 0 saturated heterocycles. The van der Waals surface area contributed by atoms with E-state index in [1.807, 2.05) is 0 Å². The van der Waals surface area contributed by atoms with Gasteiger partial charge in [0.25, 0.3) is 5.91 Å². The zero-order valence-corrected chi connectivity index (χ0v) is 12.9. The fourth-order valence-electron chi connectivity index (χ4n) is 1.59. The molecule has 0 heterocycles. The van der Waals surface area contributed by atoms with Gasteiger partial charge in [0, 0.05) is 5.02 Å². The van der Waals surface area contributed by atoms with Gasteiger partial charge in [0.1, 0.15) is 17.2 Å². The van der Waals surface area contributed by atoms with Crippen LogP contribution in [0.15, 0.2) is 40.9 Å². The van der Waals surface area contributed by atoms with Gasteiger partial charge in [-0.1, -0.05) is 11.6 Å². The first-order valence-electron chi connectivity index (χ1n) is 5.62. The van der Waals surface area contributed by atoms with E-state index in [1.54, 1.807) is 37.4 Å². The molecule has 0 saturated carbocycles. The number of carbonyl (C=O) groups is 1. The van der Waals surface area contributed by atoms with Crippen molar-refractivity contribution in [1.29, 1.82) is 0 Å². The highest BCUT2D eigenvalue weighted by atomic mass is 79.9. The van der Waals surface area contributed by atoms with Crippen LogP contribution in [0.2, 0.25) is 5.02 Å². The summed E-state index contributed by atoms with van der Waals surface area (Å²) in [7, 11) is 1.58. The predicted octanol–water partition coefficient (Wildman–Crippen LogP) is 4.00. The highest BCUT2D eigenvalue weighted by Gasteiger charge is 2.13. The second-order valence-electron chi connectivity index (χ2n) is 3.90. The Morgan fingerprint density at radius 1 is 1.20 bits per heavy atom. The summed E-state index contributed by atoms with van der Waals surface area (Å²) >= 11 is 9.22. The van der Waals surface area contributed by atoms with Gasteiger partial charge in [-0.3, -0.25) is 4.79 Å². The van der Waals surface area contributed by atoms with Crippen molar-refractivity contribution >= 4 is 33.4 Å². The van der Waals surface area contributed by atoms with Gasteiger partial charge in [-0.2, -0.15) is 0 Å². The van der Waals surface area contributed by atoms with Crippen LogP contribution < -0.4 is 15.2 Å². The number of hydrogen-bond acceptors (Lipinski definition) is 3. The number of carbonyl (C=O) groups excluding carboxylic acids is 1. The Bertz CT molecular complexity index is 661. The third-order valence-electron chi connectivity index (χ3n) is 2.57. The van der Waals surface area contributed by atoms with E-state index in [0.717, 1.165) is 0 Å². The van der Waals surface area contributed by atoms with E-state index in [4.69, 9.17) is 26.8 Å². The predicted molar refractivity (Wildman–Crippen MR) is 80.7 cm³/mol. The van der Waals surface area contributed by atoms with E-state index < -0.39 is 5.91 Å². The van der Waals surface area contributed by atoms with Gasteiger partial charge in [-0.05, 0) is 52.3 Å². The molecule has 2 aromatic carbocycles. The highest BCUT2D eigenvalue weighted by Crippen LogP contribution is 2.34. The fraction of sp³-hybridized carbons (Fsp3) is 0.0714. The molecule has 0 aliphatic rings. The molecule has 0 fully saturated rings. The van der Waals surface area contributed by atoms with E-state index in [0.29, 0.717) is 26.7 Å². The summed E-state index contributed by atoms with van der Waals surface area (Å²) in [6, 6.07) is 9.92. The van der Waals surface area contributed by atoms with Crippen LogP contribution in [0.3, 0.4) is 0 Å². The minimum absolute atomic E-state index is 0.222. The molecule has 0 radical (unpaired) electrons. The van der Waals surface area contributed by atoms with E-state index in [-0.39, 0.29) is 5.56 Å². The molecule has 0 atom stereocenters. The monoisotopic (exact) mass is 355 g/mol. The van der Waals surface area contributed by atoms with Crippen LogP contribution in [0.25, 0.3) is 0 Å². The molecule has 2 rings (SSSR count). The lowest BCUT2D eigenvalue weighted by Crippen LogP contribution is -2.12. The Kier molecular flexibility index (Phi) is 4.52. The first-order chi connectivity index (χ1) is 9.51. The average molecular weight is 357 g/mol. The summed E-state index contributed by atoms with van der Waals surface area (Å²) < 4.78 is 11.5. The van der Waals surface area contributed by atoms with Crippen molar-refractivity contribution in [3.63, 3.8) is 0 Å². The second kappa shape index (κ2) is 6.15. The number of ether oxygens (including phenoxy) is 2. The molecule has 1 amide bonds. The minimum Gasteiger partial charge on any atom is -0.497 e. The number of nitrogens with two attached hydrogens (primary N) is 1. The fourth-order valence-corrected chi connectivity index (χ4v) is 2.20. The molecule has 0 aliphatic heterocycles. The van der Waals surface area contributed by atoms with E-state index in [1.165, 1.54) is 6.07 Å². The van der Waals surface area contributed by atoms with Crippen LogP contribution in [-0.2, 0) is 0 Å². The first kappa shape index (κ1) is 14.7. The SMILES string of the molecule is COc1ccc(Oc2ccc(Cl)cc2C(N)=O)c(Br)c1. The zero-order valence-electron chi connectivity index (χ0n) is 10.5. The zero-order chi connectivity index (χ0) is 14.7. The number of amides is 1. The summed E-state index contributed by atoms with van der Waals surface area (Å²) in [4.78, 5) is 11.4. The van der Waals surface area contributed by atoms with Crippen molar-refractivity contribution in [2.45, 2.75) is 0 Å². The summed E-state index contributed by atoms with van der Waals surface area (Å²) in [6.45, 7) is 0. The average Bonchev–Trinajstić information content (AvgIpc) is 2.42. The third kappa shape index (κ3) is 3.23. The maximum atomic E-state index is 11.4. The molecule has 20 heavy (non-hydrogen) atoms. The van der Waals surface area contributed by atoms with E-state index >= 15 is 0 Å². The molecule has 6 heteroatoms. The van der Waals surface area contributed by atoms with Gasteiger partial charge in [-0.15, -0.1) is 0 Å². The van der Waals surface area contributed by atoms with Crippen LogP contribution in [0.5, 0.6) is 17.2 Å². The van der Waals surface area contributed by atoms with Crippen molar-refractivity contribution in [2.24, 2.45) is 5.73 Å². The lowest BCUT2D eigenvalue weighted by molar-refractivity contribution is 0.0998. The summed E-state index contributed by atoms with van der Waals surface area (Å²) in [5.74, 6) is 0.964. The number of methoxy groups -OCH3 is 1. The Hall–Kier alpha value is -1.72. The van der Waals surface area contributed by atoms with Crippen molar-refractivity contribution in [1.82, 2.24) is 0 Å². The summed E-state index contributed by atoms with van der Waals surface area (Å²) in [6.07, 6.45) is 0. The smallest absolute Gasteiger partial charge is 0.252 e. The quantitative estimate of drug-likeness (QED) is 0.900. The first-order valence-corrected chi connectivity index (χ1v) is 6.79. The molecular formula is C14H11BrClNO3. The van der Waals surface area contributed by atoms with Crippen LogP contribution in [0, 0.1) is 0 Å². The molecule has 0 unspecified atom stereocenters. The molecule has 0 aromatic heterocycles. The number of hydrogen-bond donors (Lipinski definition) is 1. The molecule has 0 aliphatic carbocycles. The maximum absolute atomic E-state index is 11.4. The topological polar surface area (TPSA) is 61.6 Å². The second-order valence-corrected chi connectivity index (χ2v) is 5.19. The third-order valence-corrected chi connectivity index (χ3v) is 3.42. The Labute approximate surface area is 129 Å². The van der Waals surface area contributed by atoms with Crippen LogP contribution in [-0.4, -0.2) is 13.0 Å². The van der Waals surface area contributed by atoms with Gasteiger partial charge in [0.05, 0.1) is 17.1 Å². The molecule has 0 bridgehead atoms. The van der Waals surface area contributed by atoms with Gasteiger partial charge in [-0.25, -0.2) is 0 Å². The van der Waals surface area contributed by atoms with Crippen molar-refractivity contribution in [2.75, 3.05) is 7.11 Å².